The Kier molecular flexibility index (Phi) is 7.26. The molecule has 2 heterocycles. The van der Waals surface area contributed by atoms with Crippen LogP contribution in [0.3, 0.4) is 0 Å². The number of nitrogens with one attached hydrogen (secondary N) is 1. The van der Waals surface area contributed by atoms with E-state index in [0.717, 1.165) is 16.4 Å². The highest BCUT2D eigenvalue weighted by atomic mass is 35.5. The first-order valence-electron chi connectivity index (χ1n) is 10.2. The van der Waals surface area contributed by atoms with Crippen LogP contribution >= 0.6 is 22.9 Å². The number of amides is 1. The van der Waals surface area contributed by atoms with E-state index in [2.05, 4.69) is 15.3 Å². The van der Waals surface area contributed by atoms with E-state index in [1.807, 2.05) is 47.5 Å². The van der Waals surface area contributed by atoms with Crippen molar-refractivity contribution >= 4 is 28.8 Å². The molecule has 170 valence electrons. The van der Waals surface area contributed by atoms with Crippen LogP contribution in [0, 0.1) is 0 Å². The van der Waals surface area contributed by atoms with Crippen molar-refractivity contribution in [3.05, 3.63) is 93.4 Å². The van der Waals surface area contributed by atoms with Crippen LogP contribution in [-0.4, -0.2) is 27.6 Å². The molecule has 0 saturated carbocycles. The molecular weight excluding hydrogens is 460 g/mol. The van der Waals surface area contributed by atoms with Crippen molar-refractivity contribution in [1.29, 1.82) is 0 Å². The van der Waals surface area contributed by atoms with Gasteiger partial charge in [0.1, 0.15) is 35.0 Å². The normalized spacial score (nSPS) is 11.7. The molecule has 1 unspecified atom stereocenters. The summed E-state index contributed by atoms with van der Waals surface area (Å²) in [4.78, 5) is 21.9. The molecule has 0 spiro atoms. The van der Waals surface area contributed by atoms with E-state index < -0.39 is 6.04 Å². The van der Waals surface area contributed by atoms with Crippen LogP contribution in [0.2, 0.25) is 5.02 Å². The standard InChI is InChI=1S/C24H23ClN4O3S/c1-29-11-10-26-24(29)23(16-4-3-5-20(12-16)31-2)28-21(30)13-18-15-33-22(27-18)14-32-19-8-6-17(25)7-9-19/h3-12,15,23H,13-14H2,1-2H3,(H,28,30). The van der Waals surface area contributed by atoms with E-state index in [-0.39, 0.29) is 12.3 Å². The van der Waals surface area contributed by atoms with E-state index in [0.29, 0.717) is 28.8 Å². The van der Waals surface area contributed by atoms with Gasteiger partial charge in [-0.2, -0.15) is 0 Å². The van der Waals surface area contributed by atoms with Crippen LogP contribution in [0.1, 0.15) is 28.1 Å². The molecule has 0 aliphatic heterocycles. The minimum absolute atomic E-state index is 0.152. The number of halogens is 1. The second kappa shape index (κ2) is 10.5. The highest BCUT2D eigenvalue weighted by Gasteiger charge is 2.22. The Bertz CT molecular complexity index is 1220. The molecule has 0 aliphatic rings. The average Bonchev–Trinajstić information content (AvgIpc) is 3.45. The molecule has 0 radical (unpaired) electrons. The molecule has 0 fully saturated rings. The van der Waals surface area contributed by atoms with Crippen molar-refractivity contribution in [3.63, 3.8) is 0 Å². The molecule has 33 heavy (non-hydrogen) atoms. The monoisotopic (exact) mass is 482 g/mol. The van der Waals surface area contributed by atoms with Gasteiger partial charge in [0.15, 0.2) is 0 Å². The minimum Gasteiger partial charge on any atom is -0.497 e. The fourth-order valence-electron chi connectivity index (χ4n) is 3.32. The predicted octanol–water partition coefficient (Wildman–Crippen LogP) is 4.57. The smallest absolute Gasteiger partial charge is 0.226 e. The molecule has 1 atom stereocenters. The first-order valence-corrected chi connectivity index (χ1v) is 11.5. The summed E-state index contributed by atoms with van der Waals surface area (Å²) in [6, 6.07) is 14.3. The van der Waals surface area contributed by atoms with Gasteiger partial charge in [0.05, 0.1) is 19.2 Å². The van der Waals surface area contributed by atoms with Crippen molar-refractivity contribution in [2.24, 2.45) is 7.05 Å². The molecule has 2 aromatic carbocycles. The summed E-state index contributed by atoms with van der Waals surface area (Å²) < 4.78 is 13.0. The molecule has 1 amide bonds. The van der Waals surface area contributed by atoms with Gasteiger partial charge in [-0.15, -0.1) is 11.3 Å². The Morgan fingerprint density at radius 2 is 2.03 bits per heavy atom. The molecule has 0 saturated heterocycles. The zero-order valence-corrected chi connectivity index (χ0v) is 19.8. The number of carbonyl (C=O) groups excluding carboxylic acids is 1. The lowest BCUT2D eigenvalue weighted by molar-refractivity contribution is -0.121. The van der Waals surface area contributed by atoms with Gasteiger partial charge in [-0.25, -0.2) is 9.97 Å². The quantitative estimate of drug-likeness (QED) is 0.378. The number of aromatic nitrogens is 3. The summed E-state index contributed by atoms with van der Waals surface area (Å²) in [6.45, 7) is 0.327. The number of ether oxygens (including phenoxy) is 2. The number of nitrogens with zero attached hydrogens (tertiary/aromatic N) is 3. The van der Waals surface area contributed by atoms with Gasteiger partial charge in [0.25, 0.3) is 0 Å². The van der Waals surface area contributed by atoms with Gasteiger partial charge < -0.3 is 19.4 Å². The number of rotatable bonds is 9. The Morgan fingerprint density at radius 1 is 1.21 bits per heavy atom. The lowest BCUT2D eigenvalue weighted by atomic mass is 10.1. The second-order valence-electron chi connectivity index (χ2n) is 7.33. The summed E-state index contributed by atoms with van der Waals surface area (Å²) in [5.41, 5.74) is 1.57. The molecule has 0 bridgehead atoms. The summed E-state index contributed by atoms with van der Waals surface area (Å²) in [6.07, 6.45) is 3.71. The first-order chi connectivity index (χ1) is 16.0. The fourth-order valence-corrected chi connectivity index (χ4v) is 4.15. The van der Waals surface area contributed by atoms with Gasteiger partial charge >= 0.3 is 0 Å². The number of hydrogen-bond donors (Lipinski definition) is 1. The summed E-state index contributed by atoms with van der Waals surface area (Å²) in [5.74, 6) is 2.00. The Morgan fingerprint density at radius 3 is 2.76 bits per heavy atom. The van der Waals surface area contributed by atoms with Crippen LogP contribution in [0.4, 0.5) is 0 Å². The number of benzene rings is 2. The minimum atomic E-state index is -0.418. The van der Waals surface area contributed by atoms with Gasteiger partial charge in [-0.3, -0.25) is 4.79 Å². The summed E-state index contributed by atoms with van der Waals surface area (Å²) in [5, 5.41) is 6.42. The van der Waals surface area contributed by atoms with Crippen LogP contribution in [0.5, 0.6) is 11.5 Å². The van der Waals surface area contributed by atoms with Crippen molar-refractivity contribution in [2.45, 2.75) is 19.1 Å². The first kappa shape index (κ1) is 22.8. The maximum Gasteiger partial charge on any atom is 0.226 e. The van der Waals surface area contributed by atoms with Crippen LogP contribution in [0.25, 0.3) is 0 Å². The molecule has 1 N–H and O–H groups in total. The molecule has 4 rings (SSSR count). The third-order valence-corrected chi connectivity index (χ3v) is 6.09. The largest absolute Gasteiger partial charge is 0.497 e. The zero-order chi connectivity index (χ0) is 23.2. The zero-order valence-electron chi connectivity index (χ0n) is 18.2. The lowest BCUT2D eigenvalue weighted by Crippen LogP contribution is -2.32. The van der Waals surface area contributed by atoms with E-state index in [4.69, 9.17) is 21.1 Å². The van der Waals surface area contributed by atoms with E-state index >= 15 is 0 Å². The van der Waals surface area contributed by atoms with Gasteiger partial charge in [-0.05, 0) is 42.0 Å². The van der Waals surface area contributed by atoms with Gasteiger partial charge in [0.2, 0.25) is 5.91 Å². The number of imidazole rings is 1. The number of aryl methyl sites for hydroxylation is 1. The highest BCUT2D eigenvalue weighted by Crippen LogP contribution is 2.24. The van der Waals surface area contributed by atoms with Crippen LogP contribution in [-0.2, 0) is 24.9 Å². The Balaban J connectivity index is 1.42. The molecule has 2 aromatic heterocycles. The van der Waals surface area contributed by atoms with Crippen molar-refractivity contribution in [2.75, 3.05) is 7.11 Å². The van der Waals surface area contributed by atoms with Crippen molar-refractivity contribution < 1.29 is 14.3 Å². The number of methoxy groups -OCH3 is 1. The molecule has 7 nitrogen and oxygen atoms in total. The number of carbonyl (C=O) groups is 1. The molecular formula is C24H23ClN4O3S. The van der Waals surface area contributed by atoms with E-state index in [1.54, 1.807) is 37.6 Å². The molecule has 4 aromatic rings. The average molecular weight is 483 g/mol. The van der Waals surface area contributed by atoms with Gasteiger partial charge in [-0.1, -0.05) is 23.7 Å². The SMILES string of the molecule is COc1cccc(C(NC(=O)Cc2csc(COc3ccc(Cl)cc3)n2)c2nccn2C)c1. The molecule has 0 aliphatic carbocycles. The Hall–Kier alpha value is -3.36. The molecule has 9 heteroatoms. The van der Waals surface area contributed by atoms with E-state index in [9.17, 15) is 4.79 Å². The highest BCUT2D eigenvalue weighted by molar-refractivity contribution is 7.09. The third-order valence-electron chi connectivity index (χ3n) is 4.97. The van der Waals surface area contributed by atoms with Crippen molar-refractivity contribution in [3.8, 4) is 11.5 Å². The summed E-state index contributed by atoms with van der Waals surface area (Å²) >= 11 is 7.36. The topological polar surface area (TPSA) is 78.3 Å². The van der Waals surface area contributed by atoms with Crippen molar-refractivity contribution in [1.82, 2.24) is 19.9 Å². The lowest BCUT2D eigenvalue weighted by Gasteiger charge is -2.19. The number of thiazole rings is 1. The maximum absolute atomic E-state index is 12.9. The van der Waals surface area contributed by atoms with E-state index in [1.165, 1.54) is 11.3 Å². The van der Waals surface area contributed by atoms with Crippen LogP contribution < -0.4 is 14.8 Å². The predicted molar refractivity (Wildman–Crippen MR) is 128 cm³/mol. The van der Waals surface area contributed by atoms with Crippen LogP contribution in [0.15, 0.2) is 66.3 Å². The fraction of sp³-hybridized carbons (Fsp3) is 0.208. The summed E-state index contributed by atoms with van der Waals surface area (Å²) in [7, 11) is 3.51. The third kappa shape index (κ3) is 5.91. The second-order valence-corrected chi connectivity index (χ2v) is 8.70. The number of hydrogen-bond acceptors (Lipinski definition) is 6. The Labute approximate surface area is 201 Å². The van der Waals surface area contributed by atoms with Gasteiger partial charge in [0, 0.05) is 29.8 Å². The maximum atomic E-state index is 12.9.